The molecule has 0 saturated carbocycles. The molecule has 7 nitrogen and oxygen atoms in total. The third-order valence-electron chi connectivity index (χ3n) is 6.55. The van der Waals surface area contributed by atoms with Gasteiger partial charge in [-0.2, -0.15) is 5.10 Å². The quantitative estimate of drug-likeness (QED) is 0.166. The molecule has 0 unspecified atom stereocenters. The smallest absolute Gasteiger partial charge is 0.172 e. The summed E-state index contributed by atoms with van der Waals surface area (Å²) in [7, 11) is 3.25. The molecule has 0 fully saturated rings. The van der Waals surface area contributed by atoms with Crippen molar-refractivity contribution in [3.63, 3.8) is 0 Å². The van der Waals surface area contributed by atoms with E-state index in [-0.39, 0.29) is 5.82 Å². The lowest BCUT2D eigenvalue weighted by atomic mass is 9.81. The molecule has 0 aliphatic carbocycles. The average molecular weight is 533 g/mol. The minimum absolute atomic E-state index is 0.285. The van der Waals surface area contributed by atoms with E-state index in [1.807, 2.05) is 42.6 Å². The van der Waals surface area contributed by atoms with Crippen molar-refractivity contribution in [1.29, 1.82) is 0 Å². The summed E-state index contributed by atoms with van der Waals surface area (Å²) in [6, 6.07) is 18.2. The maximum Gasteiger partial charge on any atom is 0.172 e. The third-order valence-corrected chi connectivity index (χ3v) is 7.47. The molecular formula is C29H29FN4O3S. The Morgan fingerprint density at radius 1 is 0.947 bits per heavy atom. The van der Waals surface area contributed by atoms with E-state index in [9.17, 15) is 4.39 Å². The number of H-pyrrole nitrogens is 1. The van der Waals surface area contributed by atoms with Crippen LogP contribution in [0.25, 0.3) is 16.6 Å². The van der Waals surface area contributed by atoms with Gasteiger partial charge in [0.15, 0.2) is 16.7 Å². The largest absolute Gasteiger partial charge is 0.493 e. The molecule has 0 amide bonds. The number of nitrogens with zero attached hydrogens (tertiary/aromatic N) is 3. The van der Waals surface area contributed by atoms with Gasteiger partial charge in [0.1, 0.15) is 11.6 Å². The summed E-state index contributed by atoms with van der Waals surface area (Å²) in [6.45, 7) is 4.77. The first-order chi connectivity index (χ1) is 18.4. The number of ether oxygens (including phenoxy) is 3. The van der Waals surface area contributed by atoms with E-state index in [1.54, 1.807) is 44.3 Å². The molecule has 5 aromatic rings. The van der Waals surface area contributed by atoms with Crippen molar-refractivity contribution in [2.75, 3.05) is 26.6 Å². The van der Waals surface area contributed by atoms with Crippen molar-refractivity contribution in [3.8, 4) is 22.9 Å². The molecule has 2 aromatic heterocycles. The highest BCUT2D eigenvalue weighted by Gasteiger charge is 2.30. The summed E-state index contributed by atoms with van der Waals surface area (Å²) in [4.78, 5) is 4.77. The molecular weight excluding hydrogens is 503 g/mol. The minimum atomic E-state index is -0.448. The van der Waals surface area contributed by atoms with Crippen LogP contribution in [0.15, 0.2) is 78.2 Å². The molecule has 0 spiro atoms. The third kappa shape index (κ3) is 5.06. The van der Waals surface area contributed by atoms with Gasteiger partial charge in [-0.15, -0.1) is 0 Å². The van der Waals surface area contributed by atoms with Gasteiger partial charge in [-0.3, -0.25) is 9.67 Å². The van der Waals surface area contributed by atoms with E-state index in [1.165, 1.54) is 12.1 Å². The zero-order valence-electron chi connectivity index (χ0n) is 21.7. The zero-order chi connectivity index (χ0) is 26.7. The molecule has 9 heteroatoms. The van der Waals surface area contributed by atoms with Crippen molar-refractivity contribution in [2.24, 2.45) is 0 Å². The molecule has 38 heavy (non-hydrogen) atoms. The highest BCUT2D eigenvalue weighted by atomic mass is 32.2. The number of hydrogen-bond donors (Lipinski definition) is 1. The molecule has 3 aromatic carbocycles. The lowest BCUT2D eigenvalue weighted by molar-refractivity contribution is 0.344. The Kier molecular flexibility index (Phi) is 7.28. The molecule has 1 N–H and O–H groups in total. The first kappa shape index (κ1) is 25.7. The minimum Gasteiger partial charge on any atom is -0.493 e. The van der Waals surface area contributed by atoms with Crippen LogP contribution in [-0.2, 0) is 5.41 Å². The van der Waals surface area contributed by atoms with Gasteiger partial charge in [0.25, 0.3) is 0 Å². The van der Waals surface area contributed by atoms with Crippen molar-refractivity contribution in [2.45, 2.75) is 24.4 Å². The maximum absolute atomic E-state index is 13.8. The number of nitrogens with one attached hydrogen (secondary N) is 1. The fourth-order valence-electron chi connectivity index (χ4n) is 4.39. The van der Waals surface area contributed by atoms with Crippen LogP contribution in [0.4, 0.5) is 4.39 Å². The SMILES string of the molecule is COc1ccc(C(C)(C)c2cnc(SCCOc3ccc4[nH]ncc4c3)n2-c2ccc(F)cc2)cc1OC. The molecule has 0 aliphatic heterocycles. The monoisotopic (exact) mass is 532 g/mol. The number of methoxy groups -OCH3 is 2. The second-order valence-electron chi connectivity index (χ2n) is 9.25. The predicted octanol–water partition coefficient (Wildman–Crippen LogP) is 6.40. The number of imidazole rings is 1. The van der Waals surface area contributed by atoms with E-state index in [0.717, 1.165) is 38.8 Å². The van der Waals surface area contributed by atoms with Gasteiger partial charge in [0.2, 0.25) is 0 Å². The lowest BCUT2D eigenvalue weighted by Gasteiger charge is -2.28. The molecule has 0 saturated heterocycles. The van der Waals surface area contributed by atoms with E-state index in [4.69, 9.17) is 19.2 Å². The van der Waals surface area contributed by atoms with Crippen LogP contribution in [-0.4, -0.2) is 46.3 Å². The van der Waals surface area contributed by atoms with Crippen LogP contribution in [0.1, 0.15) is 25.1 Å². The van der Waals surface area contributed by atoms with Crippen LogP contribution in [0, 0.1) is 5.82 Å². The summed E-state index contributed by atoms with van der Waals surface area (Å²) in [5, 5.41) is 8.80. The molecule has 0 aliphatic rings. The summed E-state index contributed by atoms with van der Waals surface area (Å²) < 4.78 is 32.8. The van der Waals surface area contributed by atoms with Gasteiger partial charge >= 0.3 is 0 Å². The van der Waals surface area contributed by atoms with E-state index >= 15 is 0 Å². The van der Waals surface area contributed by atoms with Crippen LogP contribution >= 0.6 is 11.8 Å². The number of halogens is 1. The van der Waals surface area contributed by atoms with Crippen molar-refractivity contribution < 1.29 is 18.6 Å². The van der Waals surface area contributed by atoms with E-state index in [2.05, 4.69) is 28.6 Å². The fourth-order valence-corrected chi connectivity index (χ4v) is 5.20. The zero-order valence-corrected chi connectivity index (χ0v) is 22.5. The number of hydrogen-bond acceptors (Lipinski definition) is 6. The summed E-state index contributed by atoms with van der Waals surface area (Å²) in [5.41, 5.74) is 3.35. The van der Waals surface area contributed by atoms with Gasteiger partial charge < -0.3 is 14.2 Å². The number of aromatic amines is 1. The average Bonchev–Trinajstić information content (AvgIpc) is 3.58. The highest BCUT2D eigenvalue weighted by Crippen LogP contribution is 2.39. The number of benzene rings is 3. The van der Waals surface area contributed by atoms with Crippen LogP contribution in [0.3, 0.4) is 0 Å². The van der Waals surface area contributed by atoms with E-state index < -0.39 is 5.41 Å². The van der Waals surface area contributed by atoms with Crippen LogP contribution in [0.2, 0.25) is 0 Å². The second kappa shape index (κ2) is 10.8. The molecule has 0 atom stereocenters. The highest BCUT2D eigenvalue weighted by molar-refractivity contribution is 7.99. The topological polar surface area (TPSA) is 74.2 Å². The van der Waals surface area contributed by atoms with Crippen molar-refractivity contribution >= 4 is 22.7 Å². The fraction of sp³-hybridized carbons (Fsp3) is 0.241. The van der Waals surface area contributed by atoms with Gasteiger partial charge in [-0.25, -0.2) is 9.37 Å². The van der Waals surface area contributed by atoms with Gasteiger partial charge in [-0.1, -0.05) is 31.7 Å². The Labute approximate surface area is 225 Å². The molecule has 196 valence electrons. The van der Waals surface area contributed by atoms with Crippen LogP contribution < -0.4 is 14.2 Å². The number of aromatic nitrogens is 4. The summed E-state index contributed by atoms with van der Waals surface area (Å²) in [5.74, 6) is 2.51. The molecule has 2 heterocycles. The molecule has 0 bridgehead atoms. The number of rotatable bonds is 10. The maximum atomic E-state index is 13.8. The first-order valence-electron chi connectivity index (χ1n) is 12.2. The normalized spacial score (nSPS) is 11.6. The van der Waals surface area contributed by atoms with Crippen molar-refractivity contribution in [1.82, 2.24) is 19.7 Å². The van der Waals surface area contributed by atoms with Crippen LogP contribution in [0.5, 0.6) is 17.2 Å². The summed E-state index contributed by atoms with van der Waals surface area (Å²) >= 11 is 1.59. The van der Waals surface area contributed by atoms with E-state index in [0.29, 0.717) is 23.9 Å². The Morgan fingerprint density at radius 2 is 1.74 bits per heavy atom. The lowest BCUT2D eigenvalue weighted by Crippen LogP contribution is -2.23. The van der Waals surface area contributed by atoms with Gasteiger partial charge in [0.05, 0.1) is 44.4 Å². The molecule has 0 radical (unpaired) electrons. The first-order valence-corrected chi connectivity index (χ1v) is 13.1. The summed E-state index contributed by atoms with van der Waals surface area (Å²) in [6.07, 6.45) is 3.66. The standard InChI is InChI=1S/C29H29FN4O3S/c1-29(2,20-5-12-25(35-3)26(16-20)36-4)27-18-31-28(34(27)22-8-6-21(30)7-9-22)38-14-13-37-23-10-11-24-19(15-23)17-32-33-24/h5-12,15-18H,13-14H2,1-4H3,(H,32,33). The Balaban J connectivity index is 1.41. The Bertz CT molecular complexity index is 1550. The number of thioether (sulfide) groups is 1. The molecule has 5 rings (SSSR count). The Morgan fingerprint density at radius 3 is 2.50 bits per heavy atom. The van der Waals surface area contributed by atoms with Crippen molar-refractivity contribution in [3.05, 3.63) is 90.1 Å². The Hall–Kier alpha value is -3.98. The van der Waals surface area contributed by atoms with Gasteiger partial charge in [-0.05, 0) is 60.2 Å². The predicted molar refractivity (Wildman–Crippen MR) is 148 cm³/mol. The number of fused-ring (bicyclic) bond motifs is 1. The van der Waals surface area contributed by atoms with Gasteiger partial charge in [0, 0.05) is 22.2 Å². The second-order valence-corrected chi connectivity index (χ2v) is 10.3.